The number of nitrogens with one attached hydrogen (secondary N) is 1. The van der Waals surface area contributed by atoms with Crippen LogP contribution in [0.15, 0.2) is 30.6 Å². The minimum absolute atomic E-state index is 0.0733. The zero-order valence-corrected chi connectivity index (χ0v) is 11.0. The molecule has 1 aromatic carbocycles. The molecule has 0 aliphatic rings. The van der Waals surface area contributed by atoms with E-state index < -0.39 is 0 Å². The van der Waals surface area contributed by atoms with Crippen LogP contribution in [0.2, 0.25) is 0 Å². The lowest BCUT2D eigenvalue weighted by atomic mass is 10.2. The van der Waals surface area contributed by atoms with Gasteiger partial charge in [0.05, 0.1) is 10.6 Å². The molecule has 0 atom stereocenters. The van der Waals surface area contributed by atoms with Crippen molar-refractivity contribution in [2.24, 2.45) is 0 Å². The normalized spacial score (nSPS) is 10.4. The Morgan fingerprint density at radius 3 is 2.79 bits per heavy atom. The number of nitro benzene ring substituents is 1. The SMILES string of the molecule is CCNc1cc(-n2ccnc2CC)cc([N+](=O)[O-])c1. The van der Waals surface area contributed by atoms with E-state index >= 15 is 0 Å². The Morgan fingerprint density at radius 2 is 2.16 bits per heavy atom. The summed E-state index contributed by atoms with van der Waals surface area (Å²) in [5.41, 5.74) is 1.56. The average molecular weight is 260 g/mol. The Kier molecular flexibility index (Phi) is 3.79. The average Bonchev–Trinajstić information content (AvgIpc) is 2.87. The third-order valence-electron chi connectivity index (χ3n) is 2.81. The maximum Gasteiger partial charge on any atom is 0.273 e. The molecule has 0 radical (unpaired) electrons. The summed E-state index contributed by atoms with van der Waals surface area (Å²) < 4.78 is 1.87. The van der Waals surface area contributed by atoms with Crippen LogP contribution in [0.5, 0.6) is 0 Å². The molecule has 0 spiro atoms. The van der Waals surface area contributed by atoms with Crippen LogP contribution in [0.1, 0.15) is 19.7 Å². The quantitative estimate of drug-likeness (QED) is 0.662. The van der Waals surface area contributed by atoms with Gasteiger partial charge in [0, 0.05) is 43.2 Å². The molecule has 0 aliphatic carbocycles. The molecule has 6 heteroatoms. The summed E-state index contributed by atoms with van der Waals surface area (Å²) in [5.74, 6) is 0.878. The van der Waals surface area contributed by atoms with Crippen LogP contribution in [0, 0.1) is 10.1 Å². The number of benzene rings is 1. The number of aromatic nitrogens is 2. The molecular weight excluding hydrogens is 244 g/mol. The van der Waals surface area contributed by atoms with Gasteiger partial charge >= 0.3 is 0 Å². The molecule has 2 rings (SSSR count). The summed E-state index contributed by atoms with van der Waals surface area (Å²) in [6.07, 6.45) is 4.28. The van der Waals surface area contributed by atoms with E-state index in [0.717, 1.165) is 23.6 Å². The molecule has 1 aromatic heterocycles. The smallest absolute Gasteiger partial charge is 0.273 e. The zero-order valence-electron chi connectivity index (χ0n) is 11.0. The van der Waals surface area contributed by atoms with Crippen LogP contribution in [0.25, 0.3) is 5.69 Å². The van der Waals surface area contributed by atoms with Gasteiger partial charge in [0.2, 0.25) is 0 Å². The fraction of sp³-hybridized carbons (Fsp3) is 0.308. The van der Waals surface area contributed by atoms with Crippen LogP contribution in [0.3, 0.4) is 0 Å². The topological polar surface area (TPSA) is 73.0 Å². The van der Waals surface area contributed by atoms with E-state index in [1.54, 1.807) is 12.3 Å². The number of non-ortho nitro benzene ring substituents is 1. The number of aryl methyl sites for hydroxylation is 1. The summed E-state index contributed by atoms with van der Waals surface area (Å²) in [7, 11) is 0. The highest BCUT2D eigenvalue weighted by molar-refractivity contribution is 5.59. The molecule has 19 heavy (non-hydrogen) atoms. The number of nitro groups is 1. The molecule has 1 heterocycles. The van der Waals surface area contributed by atoms with Gasteiger partial charge in [-0.05, 0) is 13.0 Å². The highest BCUT2D eigenvalue weighted by Crippen LogP contribution is 2.24. The fourth-order valence-corrected chi connectivity index (χ4v) is 1.98. The molecule has 0 aliphatic heterocycles. The Hall–Kier alpha value is -2.37. The number of imidazole rings is 1. The van der Waals surface area contributed by atoms with E-state index in [4.69, 9.17) is 0 Å². The molecule has 0 saturated heterocycles. The molecule has 0 fully saturated rings. The standard InChI is InChI=1S/C13H16N4O2/c1-3-13-15-5-6-16(13)11-7-10(14-4-2)8-12(9-11)17(18)19/h5-9,14H,3-4H2,1-2H3. The van der Waals surface area contributed by atoms with Gasteiger partial charge in [-0.25, -0.2) is 4.98 Å². The second-order valence-electron chi connectivity index (χ2n) is 4.09. The molecule has 2 aromatic rings. The number of hydrogen-bond acceptors (Lipinski definition) is 4. The van der Waals surface area contributed by atoms with Crippen molar-refractivity contribution in [2.45, 2.75) is 20.3 Å². The second kappa shape index (κ2) is 5.51. The molecule has 0 bridgehead atoms. The Morgan fingerprint density at radius 1 is 1.37 bits per heavy atom. The lowest BCUT2D eigenvalue weighted by Gasteiger charge is -2.10. The molecule has 100 valence electrons. The van der Waals surface area contributed by atoms with Crippen LogP contribution in [-0.4, -0.2) is 21.0 Å². The summed E-state index contributed by atoms with van der Waals surface area (Å²) in [6.45, 7) is 4.67. The third kappa shape index (κ3) is 2.73. The van der Waals surface area contributed by atoms with Crippen LogP contribution >= 0.6 is 0 Å². The van der Waals surface area contributed by atoms with Gasteiger partial charge in [0.15, 0.2) is 0 Å². The first-order valence-electron chi connectivity index (χ1n) is 6.21. The Bertz CT molecular complexity index is 592. The number of rotatable bonds is 5. The maximum atomic E-state index is 11.0. The predicted molar refractivity (Wildman–Crippen MR) is 73.8 cm³/mol. The van der Waals surface area contributed by atoms with Crippen LogP contribution in [0.4, 0.5) is 11.4 Å². The van der Waals surface area contributed by atoms with Gasteiger partial charge in [0.25, 0.3) is 5.69 Å². The lowest BCUT2D eigenvalue weighted by molar-refractivity contribution is -0.384. The summed E-state index contributed by atoms with van der Waals surface area (Å²) in [6, 6.07) is 4.98. The number of nitrogens with zero attached hydrogens (tertiary/aromatic N) is 3. The van der Waals surface area contributed by atoms with Gasteiger partial charge in [-0.1, -0.05) is 6.92 Å². The van der Waals surface area contributed by atoms with Crippen molar-refractivity contribution in [1.29, 1.82) is 0 Å². The van der Waals surface area contributed by atoms with Gasteiger partial charge < -0.3 is 9.88 Å². The highest BCUT2D eigenvalue weighted by Gasteiger charge is 2.12. The van der Waals surface area contributed by atoms with E-state index in [2.05, 4.69) is 10.3 Å². The van der Waals surface area contributed by atoms with Gasteiger partial charge in [-0.2, -0.15) is 0 Å². The second-order valence-corrected chi connectivity index (χ2v) is 4.09. The molecule has 0 amide bonds. The van der Waals surface area contributed by atoms with Gasteiger partial charge in [0.1, 0.15) is 5.82 Å². The van der Waals surface area contributed by atoms with Crippen molar-refractivity contribution >= 4 is 11.4 Å². The van der Waals surface area contributed by atoms with E-state index in [1.165, 1.54) is 6.07 Å². The van der Waals surface area contributed by atoms with Crippen molar-refractivity contribution in [3.05, 3.63) is 46.5 Å². The molecule has 0 saturated carbocycles. The first-order chi connectivity index (χ1) is 9.15. The summed E-state index contributed by atoms with van der Waals surface area (Å²) in [4.78, 5) is 14.8. The molecule has 1 N–H and O–H groups in total. The summed E-state index contributed by atoms with van der Waals surface area (Å²) >= 11 is 0. The first-order valence-corrected chi connectivity index (χ1v) is 6.21. The van der Waals surface area contributed by atoms with E-state index in [1.807, 2.05) is 30.7 Å². The van der Waals surface area contributed by atoms with E-state index in [-0.39, 0.29) is 10.6 Å². The van der Waals surface area contributed by atoms with E-state index in [0.29, 0.717) is 6.54 Å². The Labute approximate surface area is 111 Å². The van der Waals surface area contributed by atoms with Gasteiger partial charge in [-0.15, -0.1) is 0 Å². The van der Waals surface area contributed by atoms with Crippen LogP contribution in [-0.2, 0) is 6.42 Å². The maximum absolute atomic E-state index is 11.0. The van der Waals surface area contributed by atoms with Crippen molar-refractivity contribution in [1.82, 2.24) is 9.55 Å². The summed E-state index contributed by atoms with van der Waals surface area (Å²) in [5, 5.41) is 14.1. The number of hydrogen-bond donors (Lipinski definition) is 1. The molecule has 0 unspecified atom stereocenters. The van der Waals surface area contributed by atoms with Crippen molar-refractivity contribution in [3.8, 4) is 5.69 Å². The van der Waals surface area contributed by atoms with Crippen molar-refractivity contribution in [2.75, 3.05) is 11.9 Å². The largest absolute Gasteiger partial charge is 0.385 e. The molecular formula is C13H16N4O2. The van der Waals surface area contributed by atoms with Gasteiger partial charge in [-0.3, -0.25) is 10.1 Å². The fourth-order valence-electron chi connectivity index (χ4n) is 1.98. The monoisotopic (exact) mass is 260 g/mol. The predicted octanol–water partition coefficient (Wildman–Crippen LogP) is 2.77. The highest BCUT2D eigenvalue weighted by atomic mass is 16.6. The van der Waals surface area contributed by atoms with Crippen molar-refractivity contribution in [3.63, 3.8) is 0 Å². The molecule has 6 nitrogen and oxygen atoms in total. The minimum atomic E-state index is -0.382. The van der Waals surface area contributed by atoms with Crippen molar-refractivity contribution < 1.29 is 4.92 Å². The minimum Gasteiger partial charge on any atom is -0.385 e. The lowest BCUT2D eigenvalue weighted by Crippen LogP contribution is -2.03. The Balaban J connectivity index is 2.52. The first kappa shape index (κ1) is 13.1. The zero-order chi connectivity index (χ0) is 13.8. The van der Waals surface area contributed by atoms with E-state index in [9.17, 15) is 10.1 Å². The van der Waals surface area contributed by atoms with Crippen LogP contribution < -0.4 is 5.32 Å². The number of anilines is 1. The third-order valence-corrected chi connectivity index (χ3v) is 2.81.